The van der Waals surface area contributed by atoms with Crippen molar-refractivity contribution in [2.75, 3.05) is 13.1 Å². The van der Waals surface area contributed by atoms with Gasteiger partial charge in [-0.2, -0.15) is 5.10 Å². The average molecular weight is 436 g/mol. The minimum Gasteiger partial charge on any atom is -0.365 e. The van der Waals surface area contributed by atoms with E-state index in [0.717, 1.165) is 27.6 Å². The molecule has 3 aromatic rings. The molecule has 0 spiro atoms. The molecule has 4 rings (SSSR count). The highest BCUT2D eigenvalue weighted by molar-refractivity contribution is 6.35. The van der Waals surface area contributed by atoms with Gasteiger partial charge in [0, 0.05) is 36.6 Å². The van der Waals surface area contributed by atoms with E-state index < -0.39 is 0 Å². The second-order valence-corrected chi connectivity index (χ2v) is 8.33. The van der Waals surface area contributed by atoms with Crippen LogP contribution in [0.3, 0.4) is 0 Å². The number of nitrogens with one attached hydrogen (secondary N) is 3. The largest absolute Gasteiger partial charge is 0.365 e. The molecular formula is C22H23BClN5O2. The Hall–Kier alpha value is -2.84. The Morgan fingerprint density at radius 3 is 2.94 bits per heavy atom. The van der Waals surface area contributed by atoms with Crippen LogP contribution in [0.4, 0.5) is 0 Å². The molecule has 0 fully saturated rings. The number of aryl methyl sites for hydroxylation is 1. The number of hydrogen-bond acceptors (Lipinski definition) is 4. The Morgan fingerprint density at radius 1 is 1.35 bits per heavy atom. The van der Waals surface area contributed by atoms with Crippen LogP contribution in [0, 0.1) is 6.92 Å². The molecule has 0 saturated carbocycles. The van der Waals surface area contributed by atoms with Crippen molar-refractivity contribution >= 4 is 42.3 Å². The highest BCUT2D eigenvalue weighted by Gasteiger charge is 2.27. The molecule has 9 heteroatoms. The van der Waals surface area contributed by atoms with E-state index in [1.54, 1.807) is 6.20 Å². The molecule has 0 aliphatic carbocycles. The fraction of sp³-hybridized carbons (Fsp3) is 0.318. The first-order chi connectivity index (χ1) is 14.9. The van der Waals surface area contributed by atoms with Gasteiger partial charge in [0.05, 0.1) is 22.3 Å². The number of carbonyl (C=O) groups is 2. The van der Waals surface area contributed by atoms with Gasteiger partial charge in [-0.05, 0) is 49.1 Å². The molecule has 2 heterocycles. The van der Waals surface area contributed by atoms with E-state index in [0.29, 0.717) is 42.2 Å². The Kier molecular flexibility index (Phi) is 6.02. The Morgan fingerprint density at radius 2 is 2.16 bits per heavy atom. The van der Waals surface area contributed by atoms with E-state index in [9.17, 15) is 9.59 Å². The molecule has 1 aromatic heterocycles. The first kappa shape index (κ1) is 21.4. The van der Waals surface area contributed by atoms with Crippen LogP contribution in [0.25, 0.3) is 10.9 Å². The van der Waals surface area contributed by atoms with Crippen molar-refractivity contribution in [3.05, 3.63) is 63.3 Å². The van der Waals surface area contributed by atoms with E-state index >= 15 is 0 Å². The summed E-state index contributed by atoms with van der Waals surface area (Å²) in [7, 11) is 5.33. The second-order valence-electron chi connectivity index (χ2n) is 7.95. The lowest BCUT2D eigenvalue weighted by molar-refractivity contribution is 0.0734. The third-order valence-electron chi connectivity index (χ3n) is 5.65. The minimum absolute atomic E-state index is 0.0409. The number of aromatic nitrogens is 2. The van der Waals surface area contributed by atoms with Gasteiger partial charge in [-0.25, -0.2) is 0 Å². The van der Waals surface area contributed by atoms with E-state index in [4.69, 9.17) is 19.6 Å². The van der Waals surface area contributed by atoms with Crippen molar-refractivity contribution in [2.24, 2.45) is 0 Å². The highest BCUT2D eigenvalue weighted by Crippen LogP contribution is 2.32. The maximum absolute atomic E-state index is 13.1. The van der Waals surface area contributed by atoms with Crippen molar-refractivity contribution in [3.8, 4) is 0 Å². The molecule has 2 aromatic carbocycles. The van der Waals surface area contributed by atoms with Crippen molar-refractivity contribution in [1.82, 2.24) is 25.6 Å². The van der Waals surface area contributed by atoms with Gasteiger partial charge in [-0.15, -0.1) is 0 Å². The number of benzene rings is 2. The van der Waals surface area contributed by atoms with Gasteiger partial charge in [0.15, 0.2) is 7.98 Å². The summed E-state index contributed by atoms with van der Waals surface area (Å²) in [5.41, 5.74) is 4.60. The van der Waals surface area contributed by atoms with Crippen molar-refractivity contribution < 1.29 is 9.59 Å². The number of fused-ring (bicyclic) bond motifs is 2. The maximum Gasteiger partial charge on any atom is 0.254 e. The highest BCUT2D eigenvalue weighted by atomic mass is 35.5. The van der Waals surface area contributed by atoms with Gasteiger partial charge in [0.1, 0.15) is 0 Å². The van der Waals surface area contributed by atoms with Gasteiger partial charge >= 0.3 is 0 Å². The molecule has 1 aliphatic heterocycles. The molecule has 2 amide bonds. The maximum atomic E-state index is 13.1. The molecule has 0 unspecified atom stereocenters. The van der Waals surface area contributed by atoms with Crippen LogP contribution >= 0.6 is 11.6 Å². The van der Waals surface area contributed by atoms with Crippen molar-refractivity contribution in [1.29, 1.82) is 0 Å². The number of aromatic amines is 1. The number of hydrogen-bond donors (Lipinski definition) is 3. The minimum atomic E-state index is -0.223. The summed E-state index contributed by atoms with van der Waals surface area (Å²) in [4.78, 5) is 27.7. The molecule has 158 valence electrons. The zero-order chi connectivity index (χ0) is 22.1. The Balaban J connectivity index is 1.56. The smallest absolute Gasteiger partial charge is 0.254 e. The normalized spacial score (nSPS) is 14.4. The van der Waals surface area contributed by atoms with Crippen LogP contribution in [-0.2, 0) is 13.0 Å². The van der Waals surface area contributed by atoms with E-state index in [1.165, 1.54) is 0 Å². The SMILES string of the molecule is [B]NC[C@@H](C)NC(=O)c1c(C)cc2c(c1Cl)CCN(C(=O)c1ccc3cn[nH]c3c1)C2. The Labute approximate surface area is 187 Å². The summed E-state index contributed by atoms with van der Waals surface area (Å²) in [5, 5.41) is 13.8. The predicted octanol–water partition coefficient (Wildman–Crippen LogP) is 2.51. The van der Waals surface area contributed by atoms with Gasteiger partial charge in [0.2, 0.25) is 0 Å². The van der Waals surface area contributed by atoms with Gasteiger partial charge in [0.25, 0.3) is 11.8 Å². The molecular weight excluding hydrogens is 413 g/mol. The van der Waals surface area contributed by atoms with Crippen molar-refractivity contribution in [3.63, 3.8) is 0 Å². The molecule has 1 atom stereocenters. The summed E-state index contributed by atoms with van der Waals surface area (Å²) in [6.07, 6.45) is 2.32. The quantitative estimate of drug-likeness (QED) is 0.537. The third kappa shape index (κ3) is 4.18. The molecule has 7 nitrogen and oxygen atoms in total. The molecule has 2 radical (unpaired) electrons. The summed E-state index contributed by atoms with van der Waals surface area (Å²) >= 11 is 6.67. The lowest BCUT2D eigenvalue weighted by Crippen LogP contribution is -2.40. The van der Waals surface area contributed by atoms with Gasteiger partial charge in [-0.1, -0.05) is 23.7 Å². The zero-order valence-electron chi connectivity index (χ0n) is 17.5. The number of carbonyl (C=O) groups excluding carboxylic acids is 2. The molecule has 0 bridgehead atoms. The third-order valence-corrected chi connectivity index (χ3v) is 6.07. The second kappa shape index (κ2) is 8.73. The summed E-state index contributed by atoms with van der Waals surface area (Å²) in [6.45, 7) is 5.16. The van der Waals surface area contributed by atoms with Crippen LogP contribution in [0.1, 0.15) is 44.3 Å². The van der Waals surface area contributed by atoms with Gasteiger partial charge in [-0.3, -0.25) is 14.7 Å². The van der Waals surface area contributed by atoms with Crippen LogP contribution in [0.5, 0.6) is 0 Å². The summed E-state index contributed by atoms with van der Waals surface area (Å²) in [5.74, 6) is -0.264. The standard InChI is InChI=1S/C22H23BClN5O2/c1-12-7-16-11-29(22(31)14-3-4-15-10-26-28-18(15)8-14)6-5-17(16)20(24)19(12)21(30)27-13(2)9-25-23/h3-4,7-8,10,13,25H,5-6,9,11H2,1-2H3,(H,26,28)(H,27,30)/t13-/m1/s1. The van der Waals surface area contributed by atoms with Gasteiger partial charge < -0.3 is 15.4 Å². The fourth-order valence-electron chi connectivity index (χ4n) is 4.06. The van der Waals surface area contributed by atoms with Crippen LogP contribution in [0.2, 0.25) is 5.02 Å². The van der Waals surface area contributed by atoms with Crippen LogP contribution < -0.4 is 10.5 Å². The van der Waals surface area contributed by atoms with Crippen LogP contribution in [0.15, 0.2) is 30.5 Å². The van der Waals surface area contributed by atoms with Crippen molar-refractivity contribution in [2.45, 2.75) is 32.9 Å². The first-order valence-electron chi connectivity index (χ1n) is 10.2. The fourth-order valence-corrected chi connectivity index (χ4v) is 4.51. The number of H-pyrrole nitrogens is 1. The van der Waals surface area contributed by atoms with E-state index in [-0.39, 0.29) is 17.9 Å². The number of rotatable bonds is 5. The van der Waals surface area contributed by atoms with E-state index in [2.05, 4.69) is 20.7 Å². The summed E-state index contributed by atoms with van der Waals surface area (Å²) < 4.78 is 0. The first-order valence-corrected chi connectivity index (χ1v) is 10.5. The Bertz CT molecular complexity index is 1160. The lowest BCUT2D eigenvalue weighted by Gasteiger charge is -2.31. The average Bonchev–Trinajstić information content (AvgIpc) is 3.20. The molecule has 31 heavy (non-hydrogen) atoms. The molecule has 3 N–H and O–H groups in total. The molecule has 0 saturated heterocycles. The lowest BCUT2D eigenvalue weighted by atomic mass is 9.93. The summed E-state index contributed by atoms with van der Waals surface area (Å²) in [6, 6.07) is 7.35. The molecule has 1 aliphatic rings. The number of amides is 2. The topological polar surface area (TPSA) is 90.1 Å². The predicted molar refractivity (Wildman–Crippen MR) is 121 cm³/mol. The monoisotopic (exact) mass is 435 g/mol. The number of nitrogens with zero attached hydrogens (tertiary/aromatic N) is 2. The number of halogens is 1. The van der Waals surface area contributed by atoms with E-state index in [1.807, 2.05) is 43.0 Å². The zero-order valence-corrected chi connectivity index (χ0v) is 18.2. The van der Waals surface area contributed by atoms with Crippen LogP contribution in [-0.4, -0.2) is 54.0 Å².